The zero-order chi connectivity index (χ0) is 13.7. The average Bonchev–Trinajstić information content (AvgIpc) is 2.91. The molecule has 3 atom stereocenters. The molecule has 3 saturated heterocycles. The molecule has 2 bridgehead atoms. The maximum absolute atomic E-state index is 12.2. The van der Waals surface area contributed by atoms with Gasteiger partial charge in [-0.1, -0.05) is 0 Å². The zero-order valence-corrected chi connectivity index (χ0v) is 11.2. The molecule has 0 radical (unpaired) electrons. The van der Waals surface area contributed by atoms with Crippen LogP contribution in [-0.2, 0) is 4.74 Å². The van der Waals surface area contributed by atoms with Crippen LogP contribution in [-0.4, -0.2) is 35.3 Å². The summed E-state index contributed by atoms with van der Waals surface area (Å²) in [7, 11) is 0. The number of hydrogen-bond donors (Lipinski definition) is 2. The van der Waals surface area contributed by atoms with Crippen molar-refractivity contribution >= 4 is 17.6 Å². The van der Waals surface area contributed by atoms with Crippen LogP contribution in [0.15, 0.2) is 18.3 Å². The van der Waals surface area contributed by atoms with Gasteiger partial charge in [-0.05, 0) is 25.0 Å². The summed E-state index contributed by atoms with van der Waals surface area (Å²) < 4.78 is 5.76. The number of anilines is 2. The van der Waals surface area contributed by atoms with E-state index in [1.54, 1.807) is 17.2 Å². The summed E-state index contributed by atoms with van der Waals surface area (Å²) in [6.07, 6.45) is 5.56. The van der Waals surface area contributed by atoms with Crippen molar-refractivity contribution in [3.63, 3.8) is 0 Å². The molecule has 1 amide bonds. The topological polar surface area (TPSA) is 80.5 Å². The molecule has 0 aliphatic carbocycles. The molecule has 3 N–H and O–H groups in total. The monoisotopic (exact) mass is 274 g/mol. The summed E-state index contributed by atoms with van der Waals surface area (Å²) >= 11 is 0. The van der Waals surface area contributed by atoms with Gasteiger partial charge in [0.1, 0.15) is 11.4 Å². The Labute approximate surface area is 117 Å². The second-order valence-electron chi connectivity index (χ2n) is 6.12. The highest BCUT2D eigenvalue weighted by Gasteiger charge is 2.52. The molecular formula is C14H18N4O2. The average molecular weight is 274 g/mol. The Kier molecular flexibility index (Phi) is 2.44. The second kappa shape index (κ2) is 4.09. The van der Waals surface area contributed by atoms with E-state index in [-0.39, 0.29) is 11.7 Å². The van der Waals surface area contributed by atoms with E-state index in [1.807, 2.05) is 6.07 Å². The molecule has 3 aliphatic heterocycles. The summed E-state index contributed by atoms with van der Waals surface area (Å²) in [6, 6.07) is 4.51. The number of rotatable bonds is 1. The third-order valence-corrected chi connectivity index (χ3v) is 4.62. The third kappa shape index (κ3) is 1.83. The summed E-state index contributed by atoms with van der Waals surface area (Å²) in [5.74, 6) is 0.455. The molecule has 3 aliphatic rings. The van der Waals surface area contributed by atoms with E-state index >= 15 is 0 Å². The number of nitrogens with zero attached hydrogens (tertiary/aromatic N) is 2. The van der Waals surface area contributed by atoms with Gasteiger partial charge in [-0.25, -0.2) is 9.78 Å². The van der Waals surface area contributed by atoms with Crippen molar-refractivity contribution in [1.29, 1.82) is 0 Å². The SMILES string of the molecule is Nc1ccc(N2CC3(C[C@H]4CC[C@@H](C3)N4)OC2=O)cn1. The first-order valence-electron chi connectivity index (χ1n) is 7.12. The number of nitrogens with two attached hydrogens (primary N) is 1. The van der Waals surface area contributed by atoms with Gasteiger partial charge in [0.25, 0.3) is 0 Å². The standard InChI is InChI=1S/C14H18N4O2/c15-12-4-3-11(7-16-12)18-8-14(20-13(18)19)5-9-1-2-10(6-14)17-9/h3-4,7,9-10,17H,1-2,5-6,8H2,(H2,15,16)/t9-,10+,14?. The zero-order valence-electron chi connectivity index (χ0n) is 11.2. The van der Waals surface area contributed by atoms with Crippen molar-refractivity contribution in [1.82, 2.24) is 10.3 Å². The Hall–Kier alpha value is -1.82. The van der Waals surface area contributed by atoms with Gasteiger partial charge < -0.3 is 15.8 Å². The van der Waals surface area contributed by atoms with E-state index in [1.165, 1.54) is 12.8 Å². The van der Waals surface area contributed by atoms with E-state index < -0.39 is 0 Å². The molecule has 4 rings (SSSR count). The predicted octanol–water partition coefficient (Wildman–Crippen LogP) is 1.27. The molecule has 1 unspecified atom stereocenters. The van der Waals surface area contributed by atoms with Crippen molar-refractivity contribution in [2.45, 2.75) is 43.4 Å². The maximum Gasteiger partial charge on any atom is 0.415 e. The maximum atomic E-state index is 12.2. The molecule has 6 heteroatoms. The molecule has 1 spiro atoms. The molecule has 1 aromatic heterocycles. The normalized spacial score (nSPS) is 35.6. The van der Waals surface area contributed by atoms with Gasteiger partial charge in [0.05, 0.1) is 18.4 Å². The number of aromatic nitrogens is 1. The first kappa shape index (κ1) is 12.0. The second-order valence-corrected chi connectivity index (χ2v) is 6.12. The van der Waals surface area contributed by atoms with Crippen LogP contribution in [0.5, 0.6) is 0 Å². The summed E-state index contributed by atoms with van der Waals surface area (Å²) in [4.78, 5) is 17.9. The van der Waals surface area contributed by atoms with Crippen LogP contribution in [0.3, 0.4) is 0 Å². The number of amides is 1. The van der Waals surface area contributed by atoms with Gasteiger partial charge >= 0.3 is 6.09 Å². The molecule has 1 aromatic rings. The lowest BCUT2D eigenvalue weighted by Gasteiger charge is -2.36. The number of carbonyl (C=O) groups is 1. The summed E-state index contributed by atoms with van der Waals surface area (Å²) in [6.45, 7) is 0.617. The Morgan fingerprint density at radius 1 is 1.35 bits per heavy atom. The molecule has 0 saturated carbocycles. The molecular weight excluding hydrogens is 256 g/mol. The van der Waals surface area contributed by atoms with Crippen LogP contribution < -0.4 is 16.0 Å². The van der Waals surface area contributed by atoms with Crippen molar-refractivity contribution in [2.75, 3.05) is 17.2 Å². The first-order valence-corrected chi connectivity index (χ1v) is 7.12. The van der Waals surface area contributed by atoms with Crippen molar-refractivity contribution < 1.29 is 9.53 Å². The lowest BCUT2D eigenvalue weighted by Crippen LogP contribution is -2.50. The Bertz CT molecular complexity index is 533. The molecule has 106 valence electrons. The quantitative estimate of drug-likeness (QED) is 0.806. The molecule has 20 heavy (non-hydrogen) atoms. The predicted molar refractivity (Wildman–Crippen MR) is 74.4 cm³/mol. The van der Waals surface area contributed by atoms with Gasteiger partial charge in [0, 0.05) is 24.9 Å². The van der Waals surface area contributed by atoms with E-state index in [2.05, 4.69) is 10.3 Å². The molecule has 6 nitrogen and oxygen atoms in total. The van der Waals surface area contributed by atoms with Crippen LogP contribution in [0.1, 0.15) is 25.7 Å². The highest BCUT2D eigenvalue weighted by molar-refractivity contribution is 5.90. The van der Waals surface area contributed by atoms with Crippen LogP contribution in [0.4, 0.5) is 16.3 Å². The summed E-state index contributed by atoms with van der Waals surface area (Å²) in [5, 5.41) is 3.58. The molecule has 0 aromatic carbocycles. The lowest BCUT2D eigenvalue weighted by atomic mass is 9.87. The summed E-state index contributed by atoms with van der Waals surface area (Å²) in [5.41, 5.74) is 6.02. The number of nitrogen functional groups attached to an aromatic ring is 1. The van der Waals surface area contributed by atoms with Crippen molar-refractivity contribution in [3.8, 4) is 0 Å². The van der Waals surface area contributed by atoms with E-state index in [4.69, 9.17) is 10.5 Å². The molecule has 4 heterocycles. The largest absolute Gasteiger partial charge is 0.441 e. The Morgan fingerprint density at radius 3 is 2.75 bits per heavy atom. The van der Waals surface area contributed by atoms with Gasteiger partial charge in [0.2, 0.25) is 0 Å². The third-order valence-electron chi connectivity index (χ3n) is 4.62. The fourth-order valence-corrected chi connectivity index (χ4v) is 3.80. The number of hydrogen-bond acceptors (Lipinski definition) is 5. The van der Waals surface area contributed by atoms with Crippen LogP contribution in [0.25, 0.3) is 0 Å². The number of nitrogens with one attached hydrogen (secondary N) is 1. The van der Waals surface area contributed by atoms with Crippen LogP contribution in [0.2, 0.25) is 0 Å². The van der Waals surface area contributed by atoms with E-state index in [0.717, 1.165) is 18.5 Å². The molecule has 3 fully saturated rings. The number of carbonyl (C=O) groups excluding carboxylic acids is 1. The highest BCUT2D eigenvalue weighted by Crippen LogP contribution is 2.41. The fraction of sp³-hybridized carbons (Fsp3) is 0.571. The Morgan fingerprint density at radius 2 is 2.10 bits per heavy atom. The Balaban J connectivity index is 1.59. The minimum Gasteiger partial charge on any atom is -0.441 e. The number of piperidine rings is 1. The fourth-order valence-electron chi connectivity index (χ4n) is 3.80. The van der Waals surface area contributed by atoms with Crippen LogP contribution in [0, 0.1) is 0 Å². The minimum atomic E-state index is -0.324. The number of ether oxygens (including phenoxy) is 1. The minimum absolute atomic E-state index is 0.266. The highest BCUT2D eigenvalue weighted by atomic mass is 16.6. The number of pyridine rings is 1. The van der Waals surface area contributed by atoms with Crippen molar-refractivity contribution in [2.24, 2.45) is 0 Å². The number of fused-ring (bicyclic) bond motifs is 2. The van der Waals surface area contributed by atoms with Gasteiger partial charge in [-0.2, -0.15) is 0 Å². The van der Waals surface area contributed by atoms with Gasteiger partial charge in [-0.3, -0.25) is 4.90 Å². The van der Waals surface area contributed by atoms with E-state index in [0.29, 0.717) is 24.4 Å². The van der Waals surface area contributed by atoms with Crippen molar-refractivity contribution in [3.05, 3.63) is 18.3 Å². The van der Waals surface area contributed by atoms with Crippen LogP contribution >= 0.6 is 0 Å². The first-order chi connectivity index (χ1) is 9.63. The lowest BCUT2D eigenvalue weighted by molar-refractivity contribution is 0.0161. The van der Waals surface area contributed by atoms with Gasteiger partial charge in [-0.15, -0.1) is 0 Å². The smallest absolute Gasteiger partial charge is 0.415 e. The van der Waals surface area contributed by atoms with Gasteiger partial charge in [0.15, 0.2) is 0 Å². The van der Waals surface area contributed by atoms with E-state index in [9.17, 15) is 4.79 Å².